The van der Waals surface area contributed by atoms with Crippen LogP contribution < -0.4 is 0 Å². The van der Waals surface area contributed by atoms with Crippen LogP contribution in [0, 0.1) is 5.82 Å². The Labute approximate surface area is 148 Å². The Morgan fingerprint density at radius 3 is 2.58 bits per heavy atom. The summed E-state index contributed by atoms with van der Waals surface area (Å²) in [6, 6.07) is 3.09. The van der Waals surface area contributed by atoms with Crippen LogP contribution in [0.15, 0.2) is 24.5 Å². The van der Waals surface area contributed by atoms with E-state index >= 15 is 0 Å². The van der Waals surface area contributed by atoms with Gasteiger partial charge in [-0.25, -0.2) is 14.4 Å². The van der Waals surface area contributed by atoms with E-state index < -0.39 is 5.82 Å². The summed E-state index contributed by atoms with van der Waals surface area (Å²) in [5.74, 6) is -0.406. The molecular formula is C17H14Cl2FN3O. The maximum atomic E-state index is 14.6. The Hall–Kier alpha value is -1.82. The average molecular weight is 366 g/mol. The fraction of sp³-hybridized carbons (Fsp3) is 0.235. The van der Waals surface area contributed by atoms with Gasteiger partial charge in [0.25, 0.3) is 0 Å². The molecule has 1 aromatic carbocycles. The van der Waals surface area contributed by atoms with Crippen LogP contribution in [0.3, 0.4) is 0 Å². The van der Waals surface area contributed by atoms with Crippen molar-refractivity contribution in [2.45, 2.75) is 26.4 Å². The third kappa shape index (κ3) is 2.95. The van der Waals surface area contributed by atoms with Gasteiger partial charge in [0, 0.05) is 17.1 Å². The molecule has 0 saturated heterocycles. The van der Waals surface area contributed by atoms with Crippen molar-refractivity contribution in [1.82, 2.24) is 15.0 Å². The van der Waals surface area contributed by atoms with Gasteiger partial charge in [0.2, 0.25) is 5.28 Å². The van der Waals surface area contributed by atoms with Crippen molar-refractivity contribution in [2.75, 3.05) is 0 Å². The van der Waals surface area contributed by atoms with Gasteiger partial charge in [-0.05, 0) is 40.8 Å². The molecule has 2 aromatic heterocycles. The number of benzene rings is 1. The highest BCUT2D eigenvalue weighted by Crippen LogP contribution is 2.34. The minimum atomic E-state index is -0.486. The van der Waals surface area contributed by atoms with E-state index in [0.717, 1.165) is 5.56 Å². The molecule has 0 radical (unpaired) electrons. The summed E-state index contributed by atoms with van der Waals surface area (Å²) in [4.78, 5) is 12.0. The number of hydrogen-bond acceptors (Lipinski definition) is 4. The zero-order valence-corrected chi connectivity index (χ0v) is 14.5. The Balaban J connectivity index is 2.36. The summed E-state index contributed by atoms with van der Waals surface area (Å²) in [6.07, 6.45) is 2.88. The molecule has 3 rings (SSSR count). The molecule has 0 aliphatic heterocycles. The van der Waals surface area contributed by atoms with Crippen LogP contribution in [0.1, 0.15) is 30.9 Å². The molecule has 0 amide bonds. The summed E-state index contributed by atoms with van der Waals surface area (Å²) in [5, 5.41) is 10.5. The molecule has 7 heteroatoms. The summed E-state index contributed by atoms with van der Waals surface area (Å²) in [6.45, 7) is 3.79. The lowest BCUT2D eigenvalue weighted by molar-refractivity contribution is 0.280. The molecule has 1 N–H and O–H groups in total. The topological polar surface area (TPSA) is 58.9 Å². The number of aliphatic hydroxyl groups is 1. The molecule has 24 heavy (non-hydrogen) atoms. The van der Waals surface area contributed by atoms with E-state index in [1.165, 1.54) is 18.5 Å². The van der Waals surface area contributed by atoms with Crippen molar-refractivity contribution in [2.24, 2.45) is 0 Å². The molecule has 0 unspecified atom stereocenters. The number of nitrogens with zero attached hydrogens (tertiary/aromatic N) is 3. The molecule has 0 aliphatic rings. The second kappa shape index (κ2) is 6.59. The Morgan fingerprint density at radius 2 is 1.92 bits per heavy atom. The number of pyridine rings is 1. The van der Waals surface area contributed by atoms with Crippen molar-refractivity contribution in [1.29, 1.82) is 0 Å². The molecule has 0 aliphatic carbocycles. The van der Waals surface area contributed by atoms with Gasteiger partial charge in [0.05, 0.1) is 23.5 Å². The molecule has 4 nitrogen and oxygen atoms in total. The zero-order valence-electron chi connectivity index (χ0n) is 13.0. The van der Waals surface area contributed by atoms with Gasteiger partial charge in [-0.2, -0.15) is 0 Å². The maximum Gasteiger partial charge on any atom is 0.222 e. The summed E-state index contributed by atoms with van der Waals surface area (Å²) >= 11 is 12.0. The summed E-state index contributed by atoms with van der Waals surface area (Å²) in [5.41, 5.74) is 2.59. The van der Waals surface area contributed by atoms with Crippen molar-refractivity contribution in [3.63, 3.8) is 0 Å². The van der Waals surface area contributed by atoms with Gasteiger partial charge >= 0.3 is 0 Å². The first-order chi connectivity index (χ1) is 11.4. The molecule has 2 heterocycles. The van der Waals surface area contributed by atoms with Crippen molar-refractivity contribution in [3.05, 3.63) is 51.8 Å². The first-order valence-corrected chi connectivity index (χ1v) is 8.08. The third-order valence-electron chi connectivity index (χ3n) is 3.78. The zero-order chi connectivity index (χ0) is 17.4. The number of halogens is 3. The number of fused-ring (bicyclic) bond motifs is 1. The van der Waals surface area contributed by atoms with Gasteiger partial charge in [-0.3, -0.25) is 4.98 Å². The molecular weight excluding hydrogens is 352 g/mol. The van der Waals surface area contributed by atoms with E-state index in [0.29, 0.717) is 22.2 Å². The lowest BCUT2D eigenvalue weighted by Crippen LogP contribution is -2.01. The highest BCUT2D eigenvalue weighted by atomic mass is 35.5. The fourth-order valence-corrected chi connectivity index (χ4v) is 3.15. The van der Waals surface area contributed by atoms with Crippen LogP contribution in [-0.2, 0) is 6.61 Å². The Bertz CT molecular complexity index is 931. The average Bonchev–Trinajstić information content (AvgIpc) is 2.55. The van der Waals surface area contributed by atoms with Crippen LogP contribution in [0.25, 0.3) is 22.2 Å². The van der Waals surface area contributed by atoms with Crippen molar-refractivity contribution >= 4 is 34.1 Å². The predicted molar refractivity (Wildman–Crippen MR) is 92.8 cm³/mol. The number of hydrogen-bond donors (Lipinski definition) is 1. The van der Waals surface area contributed by atoms with Gasteiger partial charge in [0.1, 0.15) is 11.3 Å². The van der Waals surface area contributed by atoms with Crippen molar-refractivity contribution in [3.8, 4) is 11.3 Å². The molecule has 3 aromatic rings. The molecule has 0 fully saturated rings. The summed E-state index contributed by atoms with van der Waals surface area (Å²) in [7, 11) is 0. The van der Waals surface area contributed by atoms with E-state index in [9.17, 15) is 9.50 Å². The number of aliphatic hydroxyl groups excluding tert-OH is 1. The standard InChI is InChI=1S/C17H14Cl2FN3O/c1-8(2)14-10(7-24)5-21-16-11(14)3-9(4-13(16)20)15-12(18)6-22-17(19)23-15/h3-6,8,24H,7H2,1-2H3. The largest absolute Gasteiger partial charge is 0.392 e. The second-order valence-electron chi connectivity index (χ2n) is 5.70. The molecule has 0 spiro atoms. The molecule has 124 valence electrons. The Kier molecular flexibility index (Phi) is 4.67. The normalized spacial score (nSPS) is 11.5. The number of aromatic nitrogens is 3. The minimum absolute atomic E-state index is 0.0289. The summed E-state index contributed by atoms with van der Waals surface area (Å²) < 4.78 is 14.6. The van der Waals surface area contributed by atoms with E-state index in [4.69, 9.17) is 23.2 Å². The van der Waals surface area contributed by atoms with Crippen LogP contribution in [0.5, 0.6) is 0 Å². The third-order valence-corrected chi connectivity index (χ3v) is 4.24. The van der Waals surface area contributed by atoms with E-state index in [2.05, 4.69) is 15.0 Å². The van der Waals surface area contributed by atoms with Gasteiger partial charge < -0.3 is 5.11 Å². The SMILES string of the molecule is CC(C)c1c(CO)cnc2c(F)cc(-c3nc(Cl)ncc3Cl)cc12. The highest BCUT2D eigenvalue weighted by Gasteiger charge is 2.17. The van der Waals surface area contributed by atoms with Crippen LogP contribution in [0.2, 0.25) is 10.3 Å². The van der Waals surface area contributed by atoms with E-state index in [-0.39, 0.29) is 28.3 Å². The molecule has 0 saturated carbocycles. The van der Waals surface area contributed by atoms with E-state index in [1.807, 2.05) is 13.8 Å². The highest BCUT2D eigenvalue weighted by molar-refractivity contribution is 6.33. The predicted octanol–water partition coefficient (Wildman–Crippen LogP) is 4.75. The molecule has 0 bridgehead atoms. The molecule has 0 atom stereocenters. The quantitative estimate of drug-likeness (QED) is 0.680. The fourth-order valence-electron chi connectivity index (χ4n) is 2.81. The van der Waals surface area contributed by atoms with Crippen molar-refractivity contribution < 1.29 is 9.50 Å². The van der Waals surface area contributed by atoms with Gasteiger partial charge in [-0.1, -0.05) is 25.4 Å². The lowest BCUT2D eigenvalue weighted by Gasteiger charge is -2.16. The second-order valence-corrected chi connectivity index (χ2v) is 6.45. The maximum absolute atomic E-state index is 14.6. The lowest BCUT2D eigenvalue weighted by atomic mass is 9.93. The monoisotopic (exact) mass is 365 g/mol. The van der Waals surface area contributed by atoms with E-state index in [1.54, 1.807) is 6.07 Å². The van der Waals surface area contributed by atoms with Gasteiger partial charge in [-0.15, -0.1) is 0 Å². The van der Waals surface area contributed by atoms with Gasteiger partial charge in [0.15, 0.2) is 0 Å². The minimum Gasteiger partial charge on any atom is -0.392 e. The van der Waals surface area contributed by atoms with Crippen LogP contribution in [-0.4, -0.2) is 20.1 Å². The smallest absolute Gasteiger partial charge is 0.222 e. The first kappa shape index (κ1) is 17.0. The van der Waals surface area contributed by atoms with Crippen LogP contribution >= 0.6 is 23.2 Å². The number of rotatable bonds is 3. The van der Waals surface area contributed by atoms with Crippen LogP contribution in [0.4, 0.5) is 4.39 Å². The Morgan fingerprint density at radius 1 is 1.17 bits per heavy atom. The first-order valence-electron chi connectivity index (χ1n) is 7.32.